The third-order valence-electron chi connectivity index (χ3n) is 4.72. The van der Waals surface area contributed by atoms with Gasteiger partial charge in [-0.25, -0.2) is 0 Å². The van der Waals surface area contributed by atoms with Gasteiger partial charge >= 0.3 is 5.97 Å². The zero-order valence-electron chi connectivity index (χ0n) is 15.3. The zero-order valence-corrected chi connectivity index (χ0v) is 15.3. The number of carbonyl (C=O) groups is 1. The maximum absolute atomic E-state index is 12.1. The van der Waals surface area contributed by atoms with E-state index in [9.17, 15) is 14.7 Å². The second kappa shape index (κ2) is 9.00. The molecule has 0 aliphatic carbocycles. The van der Waals surface area contributed by atoms with Crippen LogP contribution in [0.25, 0.3) is 0 Å². The Hall–Kier alpha value is -2.13. The van der Waals surface area contributed by atoms with Gasteiger partial charge in [0.2, 0.25) is 5.95 Å². The number of fused-ring (bicyclic) bond motifs is 1. The molecule has 2 heterocycles. The third-order valence-corrected chi connectivity index (χ3v) is 4.72. The molecule has 0 saturated heterocycles. The number of aromatic amines is 1. The standard InChI is InChI=1S/C17H29N5O4/c1-3-4-5-6-12(18)16(25)26-9(2)13(23)10-7-11-14(20-8-10)21-17(19)22-15(11)24/h9-10,12-13,23H,3-8,18H2,1-2H3,(H4,19,20,21,22,24)/t9-,10+,12-,13-/m0/s1. The number of ether oxygens (including phenoxy) is 1. The van der Waals surface area contributed by atoms with Crippen LogP contribution in [0.2, 0.25) is 0 Å². The largest absolute Gasteiger partial charge is 0.459 e. The van der Waals surface area contributed by atoms with Gasteiger partial charge < -0.3 is 26.6 Å². The molecule has 0 bridgehead atoms. The number of nitrogen functional groups attached to an aromatic ring is 1. The molecule has 26 heavy (non-hydrogen) atoms. The number of anilines is 2. The highest BCUT2D eigenvalue weighted by atomic mass is 16.6. The van der Waals surface area contributed by atoms with Gasteiger partial charge in [0.05, 0.1) is 11.7 Å². The van der Waals surface area contributed by atoms with Crippen molar-refractivity contribution in [1.29, 1.82) is 0 Å². The summed E-state index contributed by atoms with van der Waals surface area (Å²) >= 11 is 0. The van der Waals surface area contributed by atoms with Gasteiger partial charge in [-0.3, -0.25) is 14.6 Å². The van der Waals surface area contributed by atoms with E-state index in [-0.39, 0.29) is 17.4 Å². The average Bonchev–Trinajstić information content (AvgIpc) is 2.60. The zero-order chi connectivity index (χ0) is 19.3. The number of hydrogen-bond acceptors (Lipinski definition) is 8. The maximum atomic E-state index is 12.1. The van der Waals surface area contributed by atoms with Crippen molar-refractivity contribution in [3.05, 3.63) is 15.9 Å². The Morgan fingerprint density at radius 2 is 2.19 bits per heavy atom. The second-order valence-corrected chi connectivity index (χ2v) is 6.86. The first kappa shape index (κ1) is 20.2. The first-order chi connectivity index (χ1) is 12.3. The van der Waals surface area contributed by atoms with Crippen LogP contribution in [-0.2, 0) is 16.0 Å². The predicted octanol–water partition coefficient (Wildman–Crippen LogP) is 0.137. The quantitative estimate of drug-likeness (QED) is 0.321. The lowest BCUT2D eigenvalue weighted by atomic mass is 9.89. The molecule has 1 aromatic heterocycles. The average molecular weight is 367 g/mol. The number of aliphatic hydroxyl groups excluding tert-OH is 1. The fraction of sp³-hybridized carbons (Fsp3) is 0.706. The maximum Gasteiger partial charge on any atom is 0.323 e. The summed E-state index contributed by atoms with van der Waals surface area (Å²) in [6.07, 6.45) is 2.15. The van der Waals surface area contributed by atoms with Crippen LogP contribution < -0.4 is 22.3 Å². The van der Waals surface area contributed by atoms with E-state index in [1.54, 1.807) is 6.92 Å². The summed E-state index contributed by atoms with van der Waals surface area (Å²) in [5.41, 5.74) is 11.5. The molecule has 0 radical (unpaired) electrons. The number of hydrogen-bond donors (Lipinski definition) is 5. The summed E-state index contributed by atoms with van der Waals surface area (Å²) < 4.78 is 5.33. The molecule has 2 rings (SSSR count). The molecule has 9 heteroatoms. The summed E-state index contributed by atoms with van der Waals surface area (Å²) in [4.78, 5) is 30.6. The van der Waals surface area contributed by atoms with Crippen LogP contribution in [0.1, 0.15) is 45.1 Å². The molecule has 146 valence electrons. The highest BCUT2D eigenvalue weighted by Crippen LogP contribution is 2.24. The summed E-state index contributed by atoms with van der Waals surface area (Å²) in [5.74, 6) is -0.339. The number of nitrogens with one attached hydrogen (secondary N) is 2. The van der Waals surface area contributed by atoms with Crippen molar-refractivity contribution in [3.63, 3.8) is 0 Å². The Labute approximate surface area is 152 Å². The lowest BCUT2D eigenvalue weighted by Crippen LogP contribution is -2.44. The van der Waals surface area contributed by atoms with Crippen molar-refractivity contribution in [2.45, 2.75) is 64.2 Å². The van der Waals surface area contributed by atoms with Crippen LogP contribution in [-0.4, -0.2) is 45.8 Å². The van der Waals surface area contributed by atoms with E-state index in [1.165, 1.54) is 0 Å². The molecule has 0 amide bonds. The van der Waals surface area contributed by atoms with Crippen molar-refractivity contribution in [2.75, 3.05) is 17.6 Å². The van der Waals surface area contributed by atoms with Gasteiger partial charge in [-0.2, -0.15) is 4.98 Å². The van der Waals surface area contributed by atoms with Crippen LogP contribution in [0.5, 0.6) is 0 Å². The van der Waals surface area contributed by atoms with Crippen molar-refractivity contribution < 1.29 is 14.6 Å². The molecule has 0 saturated carbocycles. The molecule has 0 fully saturated rings. The van der Waals surface area contributed by atoms with E-state index >= 15 is 0 Å². The SMILES string of the molecule is CCCCC[C@H](N)C(=O)O[C@@H](C)[C@H](O)[C@H]1CNc2nc(N)[nH]c(=O)c2C1. The summed E-state index contributed by atoms with van der Waals surface area (Å²) in [5, 5.41) is 13.5. The van der Waals surface area contributed by atoms with E-state index in [4.69, 9.17) is 16.2 Å². The van der Waals surface area contributed by atoms with Crippen molar-refractivity contribution in [1.82, 2.24) is 9.97 Å². The minimum Gasteiger partial charge on any atom is -0.459 e. The number of nitrogens with zero attached hydrogens (tertiary/aromatic N) is 1. The van der Waals surface area contributed by atoms with Gasteiger partial charge in [0, 0.05) is 12.5 Å². The molecule has 0 unspecified atom stereocenters. The molecular formula is C17H29N5O4. The first-order valence-electron chi connectivity index (χ1n) is 9.10. The summed E-state index contributed by atoms with van der Waals surface area (Å²) in [7, 11) is 0. The predicted molar refractivity (Wildman–Crippen MR) is 98.6 cm³/mol. The number of rotatable bonds is 8. The number of aromatic nitrogens is 2. The van der Waals surface area contributed by atoms with Crippen LogP contribution in [0.3, 0.4) is 0 Å². The van der Waals surface area contributed by atoms with Crippen LogP contribution in [0, 0.1) is 5.92 Å². The van der Waals surface area contributed by atoms with Crippen molar-refractivity contribution in [2.24, 2.45) is 11.7 Å². The number of H-pyrrole nitrogens is 1. The molecule has 1 aliphatic heterocycles. The topological polar surface area (TPSA) is 156 Å². The Morgan fingerprint density at radius 1 is 1.46 bits per heavy atom. The van der Waals surface area contributed by atoms with Gasteiger partial charge in [-0.1, -0.05) is 26.2 Å². The van der Waals surface area contributed by atoms with Gasteiger partial charge in [-0.15, -0.1) is 0 Å². The van der Waals surface area contributed by atoms with Crippen LogP contribution in [0.15, 0.2) is 4.79 Å². The Morgan fingerprint density at radius 3 is 2.88 bits per heavy atom. The number of unbranched alkanes of at least 4 members (excludes halogenated alkanes) is 2. The minimum absolute atomic E-state index is 0.0413. The van der Waals surface area contributed by atoms with Gasteiger partial charge in [0.15, 0.2) is 0 Å². The fourth-order valence-electron chi connectivity index (χ4n) is 3.11. The number of esters is 1. The van der Waals surface area contributed by atoms with Crippen molar-refractivity contribution in [3.8, 4) is 0 Å². The van der Waals surface area contributed by atoms with Crippen LogP contribution in [0.4, 0.5) is 11.8 Å². The van der Waals surface area contributed by atoms with Crippen molar-refractivity contribution >= 4 is 17.7 Å². The van der Waals surface area contributed by atoms with E-state index in [0.717, 1.165) is 19.3 Å². The fourth-order valence-corrected chi connectivity index (χ4v) is 3.11. The number of aliphatic hydroxyl groups is 1. The van der Waals surface area contributed by atoms with Gasteiger partial charge in [0.25, 0.3) is 5.56 Å². The molecular weight excluding hydrogens is 338 g/mol. The summed E-state index contributed by atoms with van der Waals surface area (Å²) in [6.45, 7) is 4.10. The number of nitrogens with two attached hydrogens (primary N) is 2. The smallest absolute Gasteiger partial charge is 0.323 e. The molecule has 1 aromatic rings. The Bertz CT molecular complexity index is 678. The molecule has 0 spiro atoms. The molecule has 4 atom stereocenters. The van der Waals surface area contributed by atoms with E-state index in [0.29, 0.717) is 30.8 Å². The molecule has 9 nitrogen and oxygen atoms in total. The van der Waals surface area contributed by atoms with E-state index in [1.807, 2.05) is 0 Å². The normalized spacial score (nSPS) is 19.8. The van der Waals surface area contributed by atoms with Gasteiger partial charge in [0.1, 0.15) is 18.0 Å². The number of carbonyl (C=O) groups excluding carboxylic acids is 1. The second-order valence-electron chi connectivity index (χ2n) is 6.86. The minimum atomic E-state index is -0.931. The molecule has 0 aromatic carbocycles. The van der Waals surface area contributed by atoms with E-state index < -0.39 is 24.2 Å². The molecule has 1 aliphatic rings. The Kier molecular flexibility index (Phi) is 6.98. The highest BCUT2D eigenvalue weighted by Gasteiger charge is 2.33. The van der Waals surface area contributed by atoms with Crippen LogP contribution >= 0.6 is 0 Å². The third kappa shape index (κ3) is 4.95. The Balaban J connectivity index is 1.93. The monoisotopic (exact) mass is 367 g/mol. The van der Waals surface area contributed by atoms with Gasteiger partial charge in [-0.05, 0) is 19.8 Å². The summed E-state index contributed by atoms with van der Waals surface area (Å²) in [6, 6.07) is -0.684. The van der Waals surface area contributed by atoms with E-state index in [2.05, 4.69) is 22.2 Å². The highest BCUT2D eigenvalue weighted by molar-refractivity contribution is 5.75. The first-order valence-corrected chi connectivity index (χ1v) is 9.10. The lowest BCUT2D eigenvalue weighted by molar-refractivity contribution is -0.157. The lowest BCUT2D eigenvalue weighted by Gasteiger charge is -2.31. The molecule has 7 N–H and O–H groups in total.